The number of carbonyl (C=O) groups excluding carboxylic acids is 1. The lowest BCUT2D eigenvalue weighted by molar-refractivity contribution is 0.0600. The van der Waals surface area contributed by atoms with E-state index in [4.69, 9.17) is 4.74 Å². The van der Waals surface area contributed by atoms with Gasteiger partial charge in [-0.05, 0) is 36.2 Å². The van der Waals surface area contributed by atoms with Gasteiger partial charge in [-0.1, -0.05) is 42.5 Å². The number of carbonyl (C=O) groups is 1. The normalized spacial score (nSPS) is 10.5. The number of hydrogen-bond donors (Lipinski definition) is 0. The predicted molar refractivity (Wildman–Crippen MR) is 83.4 cm³/mol. The third-order valence-electron chi connectivity index (χ3n) is 2.94. The molecule has 0 aliphatic rings. The van der Waals surface area contributed by atoms with E-state index in [2.05, 4.69) is 29.0 Å². The summed E-state index contributed by atoms with van der Waals surface area (Å²) in [7, 11) is 1.37. The molecule has 2 aromatic carbocycles. The molecular formula is C18H18O3. The van der Waals surface area contributed by atoms with Crippen molar-refractivity contribution < 1.29 is 14.3 Å². The maximum absolute atomic E-state index is 11.3. The fourth-order valence-corrected chi connectivity index (χ4v) is 1.83. The standard InChI is InChI=1S/C18H18O3/c1-20-18(19)16-10-12-17(13-11-16)21-14-6-5-9-15-7-3-2-4-8-15/h2-5,7-13H,6,14H2,1H3. The van der Waals surface area contributed by atoms with Crippen LogP contribution in [0.4, 0.5) is 0 Å². The van der Waals surface area contributed by atoms with Gasteiger partial charge >= 0.3 is 5.97 Å². The maximum Gasteiger partial charge on any atom is 0.337 e. The summed E-state index contributed by atoms with van der Waals surface area (Å²) < 4.78 is 10.3. The molecule has 0 saturated heterocycles. The minimum Gasteiger partial charge on any atom is -0.493 e. The Morgan fingerprint density at radius 3 is 2.43 bits per heavy atom. The Balaban J connectivity index is 1.76. The van der Waals surface area contributed by atoms with E-state index in [-0.39, 0.29) is 5.97 Å². The highest BCUT2D eigenvalue weighted by Crippen LogP contribution is 2.13. The minimum atomic E-state index is -0.340. The second-order valence-corrected chi connectivity index (χ2v) is 4.47. The van der Waals surface area contributed by atoms with E-state index in [0.717, 1.165) is 12.2 Å². The molecule has 0 aromatic heterocycles. The van der Waals surface area contributed by atoms with Gasteiger partial charge in [-0.3, -0.25) is 0 Å². The van der Waals surface area contributed by atoms with E-state index in [1.165, 1.54) is 12.7 Å². The van der Waals surface area contributed by atoms with Crippen LogP contribution in [0.3, 0.4) is 0 Å². The SMILES string of the molecule is COC(=O)c1ccc(OCCC=Cc2ccccc2)cc1. The number of esters is 1. The van der Waals surface area contributed by atoms with Gasteiger partial charge in [0.15, 0.2) is 0 Å². The van der Waals surface area contributed by atoms with Crippen molar-refractivity contribution in [1.29, 1.82) is 0 Å². The van der Waals surface area contributed by atoms with Gasteiger partial charge < -0.3 is 9.47 Å². The summed E-state index contributed by atoms with van der Waals surface area (Å²) in [4.78, 5) is 11.3. The molecule has 0 spiro atoms. The smallest absolute Gasteiger partial charge is 0.337 e. The summed E-state index contributed by atoms with van der Waals surface area (Å²) in [5.74, 6) is 0.406. The third kappa shape index (κ3) is 4.80. The largest absolute Gasteiger partial charge is 0.493 e. The summed E-state index contributed by atoms with van der Waals surface area (Å²) in [5.41, 5.74) is 1.70. The van der Waals surface area contributed by atoms with Crippen molar-refractivity contribution in [1.82, 2.24) is 0 Å². The highest BCUT2D eigenvalue weighted by atomic mass is 16.5. The lowest BCUT2D eigenvalue weighted by atomic mass is 10.2. The van der Waals surface area contributed by atoms with E-state index < -0.39 is 0 Å². The predicted octanol–water partition coefficient (Wildman–Crippen LogP) is 3.96. The molecule has 2 aromatic rings. The first-order chi connectivity index (χ1) is 10.3. The van der Waals surface area contributed by atoms with E-state index in [1.54, 1.807) is 24.3 Å². The van der Waals surface area contributed by atoms with E-state index in [1.807, 2.05) is 18.2 Å². The van der Waals surface area contributed by atoms with Crippen LogP contribution >= 0.6 is 0 Å². The molecule has 0 saturated carbocycles. The van der Waals surface area contributed by atoms with Crippen LogP contribution in [0.15, 0.2) is 60.7 Å². The monoisotopic (exact) mass is 282 g/mol. The molecule has 3 heteroatoms. The zero-order valence-corrected chi connectivity index (χ0v) is 12.0. The van der Waals surface area contributed by atoms with Crippen molar-refractivity contribution in [2.24, 2.45) is 0 Å². The molecule has 0 N–H and O–H groups in total. The molecular weight excluding hydrogens is 264 g/mol. The van der Waals surface area contributed by atoms with Crippen LogP contribution in [0.5, 0.6) is 5.75 Å². The second-order valence-electron chi connectivity index (χ2n) is 4.47. The van der Waals surface area contributed by atoms with Crippen LogP contribution in [0.1, 0.15) is 22.3 Å². The van der Waals surface area contributed by atoms with Crippen LogP contribution < -0.4 is 4.74 Å². The molecule has 0 unspecified atom stereocenters. The lowest BCUT2D eigenvalue weighted by Gasteiger charge is -2.05. The second kappa shape index (κ2) is 7.90. The quantitative estimate of drug-likeness (QED) is 0.594. The Morgan fingerprint density at radius 2 is 1.76 bits per heavy atom. The average molecular weight is 282 g/mol. The average Bonchev–Trinajstić information content (AvgIpc) is 2.55. The molecule has 108 valence electrons. The molecule has 21 heavy (non-hydrogen) atoms. The van der Waals surface area contributed by atoms with Crippen molar-refractivity contribution in [2.75, 3.05) is 13.7 Å². The summed E-state index contributed by atoms with van der Waals surface area (Å²) in [6, 6.07) is 17.1. The molecule has 0 radical (unpaired) electrons. The maximum atomic E-state index is 11.3. The molecule has 0 bridgehead atoms. The van der Waals surface area contributed by atoms with E-state index >= 15 is 0 Å². The lowest BCUT2D eigenvalue weighted by Crippen LogP contribution is -2.01. The van der Waals surface area contributed by atoms with Gasteiger partial charge in [0.2, 0.25) is 0 Å². The van der Waals surface area contributed by atoms with Crippen molar-refractivity contribution >= 4 is 12.0 Å². The molecule has 0 fully saturated rings. The van der Waals surface area contributed by atoms with Gasteiger partial charge in [-0.2, -0.15) is 0 Å². The van der Waals surface area contributed by atoms with Crippen molar-refractivity contribution in [3.8, 4) is 5.75 Å². The molecule has 0 heterocycles. The molecule has 2 rings (SSSR count). The molecule has 0 atom stereocenters. The Kier molecular flexibility index (Phi) is 5.59. The number of hydrogen-bond acceptors (Lipinski definition) is 3. The van der Waals surface area contributed by atoms with Gasteiger partial charge in [-0.15, -0.1) is 0 Å². The fraction of sp³-hybridized carbons (Fsp3) is 0.167. The topological polar surface area (TPSA) is 35.5 Å². The minimum absolute atomic E-state index is 0.340. The first kappa shape index (κ1) is 14.9. The van der Waals surface area contributed by atoms with Gasteiger partial charge in [0.25, 0.3) is 0 Å². The van der Waals surface area contributed by atoms with Crippen molar-refractivity contribution in [3.05, 3.63) is 71.8 Å². The first-order valence-corrected chi connectivity index (χ1v) is 6.82. The summed E-state index contributed by atoms with van der Waals surface area (Å²) in [5, 5.41) is 0. The Hall–Kier alpha value is -2.55. The molecule has 0 amide bonds. The molecule has 0 aliphatic carbocycles. The number of methoxy groups -OCH3 is 1. The Labute approximate surface area is 124 Å². The number of rotatable bonds is 6. The summed E-state index contributed by atoms with van der Waals surface area (Å²) in [6.07, 6.45) is 4.98. The zero-order chi connectivity index (χ0) is 14.9. The third-order valence-corrected chi connectivity index (χ3v) is 2.94. The van der Waals surface area contributed by atoms with Crippen molar-refractivity contribution in [3.63, 3.8) is 0 Å². The van der Waals surface area contributed by atoms with E-state index in [0.29, 0.717) is 12.2 Å². The van der Waals surface area contributed by atoms with Crippen LogP contribution in [0.2, 0.25) is 0 Å². The Bertz CT molecular complexity index is 586. The van der Waals surface area contributed by atoms with Crippen LogP contribution in [0.25, 0.3) is 6.08 Å². The van der Waals surface area contributed by atoms with Crippen LogP contribution in [-0.2, 0) is 4.74 Å². The number of ether oxygens (including phenoxy) is 2. The van der Waals surface area contributed by atoms with Crippen LogP contribution in [0, 0.1) is 0 Å². The summed E-state index contributed by atoms with van der Waals surface area (Å²) in [6.45, 7) is 0.598. The van der Waals surface area contributed by atoms with E-state index in [9.17, 15) is 4.79 Å². The number of benzene rings is 2. The van der Waals surface area contributed by atoms with Gasteiger partial charge in [0, 0.05) is 0 Å². The van der Waals surface area contributed by atoms with Gasteiger partial charge in [0.1, 0.15) is 5.75 Å². The Morgan fingerprint density at radius 1 is 1.05 bits per heavy atom. The fourth-order valence-electron chi connectivity index (χ4n) is 1.83. The molecule has 3 nitrogen and oxygen atoms in total. The highest BCUT2D eigenvalue weighted by molar-refractivity contribution is 5.89. The van der Waals surface area contributed by atoms with Crippen LogP contribution in [-0.4, -0.2) is 19.7 Å². The highest BCUT2D eigenvalue weighted by Gasteiger charge is 2.04. The van der Waals surface area contributed by atoms with Crippen molar-refractivity contribution in [2.45, 2.75) is 6.42 Å². The first-order valence-electron chi connectivity index (χ1n) is 6.82. The zero-order valence-electron chi connectivity index (χ0n) is 12.0. The van der Waals surface area contributed by atoms with Gasteiger partial charge in [-0.25, -0.2) is 4.79 Å². The van der Waals surface area contributed by atoms with Gasteiger partial charge in [0.05, 0.1) is 19.3 Å². The summed E-state index contributed by atoms with van der Waals surface area (Å²) >= 11 is 0. The molecule has 0 aliphatic heterocycles.